The SMILES string of the molecule is COc1ccccc1/C=C/CNCC(C)(C)N1CCOCC1. The maximum atomic E-state index is 5.42. The van der Waals surface area contributed by atoms with Crippen molar-refractivity contribution >= 4 is 6.08 Å². The van der Waals surface area contributed by atoms with Crippen LogP contribution in [0.3, 0.4) is 0 Å². The highest BCUT2D eigenvalue weighted by atomic mass is 16.5. The third-order valence-corrected chi connectivity index (χ3v) is 4.12. The van der Waals surface area contributed by atoms with Gasteiger partial charge >= 0.3 is 0 Å². The third-order valence-electron chi connectivity index (χ3n) is 4.12. The van der Waals surface area contributed by atoms with E-state index in [2.05, 4.69) is 42.3 Å². The lowest BCUT2D eigenvalue weighted by Crippen LogP contribution is -2.54. The van der Waals surface area contributed by atoms with E-state index in [1.165, 1.54) is 0 Å². The van der Waals surface area contributed by atoms with Crippen LogP contribution in [-0.2, 0) is 4.74 Å². The molecule has 4 nitrogen and oxygen atoms in total. The van der Waals surface area contributed by atoms with E-state index < -0.39 is 0 Å². The molecule has 1 aromatic carbocycles. The Morgan fingerprint density at radius 3 is 2.73 bits per heavy atom. The van der Waals surface area contributed by atoms with E-state index in [4.69, 9.17) is 9.47 Å². The van der Waals surface area contributed by atoms with Gasteiger partial charge < -0.3 is 14.8 Å². The van der Waals surface area contributed by atoms with Gasteiger partial charge in [0.05, 0.1) is 20.3 Å². The van der Waals surface area contributed by atoms with Crippen LogP contribution in [0, 0.1) is 0 Å². The molecule has 0 aromatic heterocycles. The lowest BCUT2D eigenvalue weighted by atomic mass is 10.0. The van der Waals surface area contributed by atoms with Crippen LogP contribution in [0.2, 0.25) is 0 Å². The highest BCUT2D eigenvalue weighted by Gasteiger charge is 2.27. The molecule has 1 aromatic rings. The third kappa shape index (κ3) is 4.83. The number of nitrogens with one attached hydrogen (secondary N) is 1. The van der Waals surface area contributed by atoms with Gasteiger partial charge in [-0.1, -0.05) is 30.4 Å². The number of benzene rings is 1. The number of methoxy groups -OCH3 is 1. The van der Waals surface area contributed by atoms with E-state index in [0.29, 0.717) is 0 Å². The van der Waals surface area contributed by atoms with Gasteiger partial charge in [-0.05, 0) is 19.9 Å². The van der Waals surface area contributed by atoms with Crippen molar-refractivity contribution in [2.45, 2.75) is 19.4 Å². The molecule has 22 heavy (non-hydrogen) atoms. The van der Waals surface area contributed by atoms with Crippen LogP contribution in [0.4, 0.5) is 0 Å². The van der Waals surface area contributed by atoms with E-state index in [0.717, 1.165) is 50.7 Å². The summed E-state index contributed by atoms with van der Waals surface area (Å²) in [7, 11) is 1.70. The predicted octanol–water partition coefficient (Wildman–Crippen LogP) is 2.41. The van der Waals surface area contributed by atoms with E-state index >= 15 is 0 Å². The van der Waals surface area contributed by atoms with Gasteiger partial charge in [-0.2, -0.15) is 0 Å². The highest BCUT2D eigenvalue weighted by molar-refractivity contribution is 5.57. The maximum Gasteiger partial charge on any atom is 0.126 e. The first kappa shape index (κ1) is 17.0. The standard InChI is InChI=1S/C18H28N2O2/c1-18(2,20-11-13-22-14-12-20)15-19-10-6-8-16-7-4-5-9-17(16)21-3/h4-9,19H,10-15H2,1-3H3/b8-6+. The van der Waals surface area contributed by atoms with Gasteiger partial charge in [0.1, 0.15) is 5.75 Å². The van der Waals surface area contributed by atoms with Crippen molar-refractivity contribution < 1.29 is 9.47 Å². The molecule has 0 atom stereocenters. The average Bonchev–Trinajstić information content (AvgIpc) is 2.55. The number of nitrogens with zero attached hydrogens (tertiary/aromatic N) is 1. The molecule has 1 aliphatic rings. The zero-order chi connectivity index (χ0) is 15.8. The van der Waals surface area contributed by atoms with E-state index in [9.17, 15) is 0 Å². The molecule has 1 saturated heterocycles. The molecule has 0 unspecified atom stereocenters. The van der Waals surface area contributed by atoms with Crippen LogP contribution >= 0.6 is 0 Å². The van der Waals surface area contributed by atoms with Crippen molar-refractivity contribution in [1.82, 2.24) is 10.2 Å². The summed E-state index contributed by atoms with van der Waals surface area (Å²) in [5, 5.41) is 3.52. The molecule has 2 rings (SSSR count). The number of hydrogen-bond acceptors (Lipinski definition) is 4. The second-order valence-corrected chi connectivity index (χ2v) is 6.19. The molecule has 1 heterocycles. The van der Waals surface area contributed by atoms with Gasteiger partial charge in [0.15, 0.2) is 0 Å². The summed E-state index contributed by atoms with van der Waals surface area (Å²) in [6.45, 7) is 10.1. The first-order chi connectivity index (χ1) is 10.6. The zero-order valence-corrected chi connectivity index (χ0v) is 14.0. The van der Waals surface area contributed by atoms with Crippen LogP contribution in [0.25, 0.3) is 6.08 Å². The van der Waals surface area contributed by atoms with Crippen LogP contribution in [0.15, 0.2) is 30.3 Å². The molecular formula is C18H28N2O2. The van der Waals surface area contributed by atoms with Gasteiger partial charge in [-0.15, -0.1) is 0 Å². The van der Waals surface area contributed by atoms with E-state index in [-0.39, 0.29) is 5.54 Å². The van der Waals surface area contributed by atoms with Crippen LogP contribution < -0.4 is 10.1 Å². The lowest BCUT2D eigenvalue weighted by molar-refractivity contribution is -0.00930. The molecule has 0 radical (unpaired) electrons. The number of ether oxygens (including phenoxy) is 2. The Hall–Kier alpha value is -1.36. The van der Waals surface area contributed by atoms with Crippen molar-refractivity contribution in [2.75, 3.05) is 46.5 Å². The largest absolute Gasteiger partial charge is 0.496 e. The van der Waals surface area contributed by atoms with Crippen LogP contribution in [0.5, 0.6) is 5.75 Å². The number of rotatable bonds is 7. The Kier molecular flexibility index (Phi) is 6.43. The van der Waals surface area contributed by atoms with Crippen LogP contribution in [-0.4, -0.2) is 56.9 Å². The van der Waals surface area contributed by atoms with Crippen LogP contribution in [0.1, 0.15) is 19.4 Å². The van der Waals surface area contributed by atoms with E-state index in [1.54, 1.807) is 7.11 Å². The van der Waals surface area contributed by atoms with Gasteiger partial charge in [-0.3, -0.25) is 4.90 Å². The fraction of sp³-hybridized carbons (Fsp3) is 0.556. The normalized spacial score (nSPS) is 17.0. The summed E-state index contributed by atoms with van der Waals surface area (Å²) in [6.07, 6.45) is 4.25. The van der Waals surface area contributed by atoms with Crippen molar-refractivity contribution in [3.05, 3.63) is 35.9 Å². The number of morpholine rings is 1. The lowest BCUT2D eigenvalue weighted by Gasteiger charge is -2.41. The summed E-state index contributed by atoms with van der Waals surface area (Å²) < 4.78 is 10.8. The van der Waals surface area contributed by atoms with Crippen molar-refractivity contribution in [2.24, 2.45) is 0 Å². The predicted molar refractivity (Wildman–Crippen MR) is 91.4 cm³/mol. The summed E-state index contributed by atoms with van der Waals surface area (Å²) in [5.74, 6) is 0.910. The Balaban J connectivity index is 1.77. The molecular weight excluding hydrogens is 276 g/mol. The Morgan fingerprint density at radius 2 is 2.00 bits per heavy atom. The van der Waals surface area contributed by atoms with Gasteiger partial charge in [0, 0.05) is 37.3 Å². The van der Waals surface area contributed by atoms with Gasteiger partial charge in [0.2, 0.25) is 0 Å². The monoisotopic (exact) mass is 304 g/mol. The topological polar surface area (TPSA) is 33.7 Å². The second-order valence-electron chi connectivity index (χ2n) is 6.19. The maximum absolute atomic E-state index is 5.42. The molecule has 1 N–H and O–H groups in total. The summed E-state index contributed by atoms with van der Waals surface area (Å²) in [4.78, 5) is 2.49. The van der Waals surface area contributed by atoms with Crippen molar-refractivity contribution in [3.63, 3.8) is 0 Å². The molecule has 0 spiro atoms. The minimum absolute atomic E-state index is 0.155. The minimum atomic E-state index is 0.155. The first-order valence-electron chi connectivity index (χ1n) is 7.96. The molecule has 1 aliphatic heterocycles. The fourth-order valence-corrected chi connectivity index (χ4v) is 2.73. The minimum Gasteiger partial charge on any atom is -0.496 e. The smallest absolute Gasteiger partial charge is 0.126 e. The zero-order valence-electron chi connectivity index (χ0n) is 14.0. The number of para-hydroxylation sites is 1. The molecule has 0 saturated carbocycles. The van der Waals surface area contributed by atoms with Gasteiger partial charge in [-0.25, -0.2) is 0 Å². The fourth-order valence-electron chi connectivity index (χ4n) is 2.73. The molecule has 0 aliphatic carbocycles. The quantitative estimate of drug-likeness (QED) is 0.784. The Labute approximate surface area is 134 Å². The number of hydrogen-bond donors (Lipinski definition) is 1. The Bertz CT molecular complexity index is 480. The Morgan fingerprint density at radius 1 is 1.27 bits per heavy atom. The molecule has 0 bridgehead atoms. The van der Waals surface area contributed by atoms with Gasteiger partial charge in [0.25, 0.3) is 0 Å². The van der Waals surface area contributed by atoms with Crippen molar-refractivity contribution in [1.29, 1.82) is 0 Å². The van der Waals surface area contributed by atoms with Crippen molar-refractivity contribution in [3.8, 4) is 5.75 Å². The highest BCUT2D eigenvalue weighted by Crippen LogP contribution is 2.18. The molecule has 4 heteroatoms. The molecule has 122 valence electrons. The summed E-state index contributed by atoms with van der Waals surface area (Å²) >= 11 is 0. The second kappa shape index (κ2) is 8.32. The average molecular weight is 304 g/mol. The summed E-state index contributed by atoms with van der Waals surface area (Å²) in [5.41, 5.74) is 1.27. The first-order valence-corrected chi connectivity index (χ1v) is 7.96. The summed E-state index contributed by atoms with van der Waals surface area (Å²) in [6, 6.07) is 8.05. The molecule has 0 amide bonds. The molecule has 1 fully saturated rings. The van der Waals surface area contributed by atoms with E-state index in [1.807, 2.05) is 18.2 Å².